The summed E-state index contributed by atoms with van der Waals surface area (Å²) < 4.78 is 0. The Bertz CT molecular complexity index is 361. The van der Waals surface area contributed by atoms with Gasteiger partial charge in [-0.3, -0.25) is 4.90 Å². The predicted octanol–water partition coefficient (Wildman–Crippen LogP) is 3.84. The molecule has 1 aliphatic heterocycles. The normalized spacial score (nSPS) is 19.6. The molecular formula is C16H28N2S. The van der Waals surface area contributed by atoms with Crippen LogP contribution in [0.1, 0.15) is 56.0 Å². The number of thiophene rings is 1. The van der Waals surface area contributed by atoms with E-state index in [1.807, 2.05) is 11.3 Å². The Morgan fingerprint density at radius 2 is 2.16 bits per heavy atom. The van der Waals surface area contributed by atoms with E-state index in [2.05, 4.69) is 35.5 Å². The smallest absolute Gasteiger partial charge is 0.0331 e. The van der Waals surface area contributed by atoms with Gasteiger partial charge in [0.1, 0.15) is 0 Å². The molecule has 1 aliphatic rings. The van der Waals surface area contributed by atoms with Gasteiger partial charge in [0, 0.05) is 17.5 Å². The SMILES string of the molecule is CCNCCCCCCN1CCc2sccc2C1C. The summed E-state index contributed by atoms with van der Waals surface area (Å²) >= 11 is 1.94. The highest BCUT2D eigenvalue weighted by Crippen LogP contribution is 2.32. The third kappa shape index (κ3) is 4.30. The van der Waals surface area contributed by atoms with E-state index in [1.165, 1.54) is 51.7 Å². The van der Waals surface area contributed by atoms with Crippen LogP contribution in [0.2, 0.25) is 0 Å². The molecule has 1 atom stereocenters. The first-order valence-corrected chi connectivity index (χ1v) is 8.72. The average molecular weight is 280 g/mol. The number of fused-ring (bicyclic) bond motifs is 1. The zero-order valence-electron chi connectivity index (χ0n) is 12.5. The maximum absolute atomic E-state index is 3.39. The first-order chi connectivity index (χ1) is 9.33. The van der Waals surface area contributed by atoms with Gasteiger partial charge in [0.05, 0.1) is 0 Å². The Hall–Kier alpha value is -0.380. The minimum atomic E-state index is 0.636. The highest BCUT2D eigenvalue weighted by atomic mass is 32.1. The molecule has 0 saturated carbocycles. The fraction of sp³-hybridized carbons (Fsp3) is 0.750. The average Bonchev–Trinajstić information content (AvgIpc) is 2.89. The van der Waals surface area contributed by atoms with Crippen molar-refractivity contribution in [2.45, 2.75) is 52.0 Å². The standard InChI is InChI=1S/C16H28N2S/c1-3-17-10-6-4-5-7-11-18-12-8-16-15(14(18)2)9-13-19-16/h9,13-14,17H,3-8,10-12H2,1-2H3. The van der Waals surface area contributed by atoms with E-state index in [1.54, 1.807) is 10.4 Å². The van der Waals surface area contributed by atoms with E-state index < -0.39 is 0 Å². The molecule has 3 heteroatoms. The van der Waals surface area contributed by atoms with Crippen LogP contribution in [0.5, 0.6) is 0 Å². The molecule has 2 nitrogen and oxygen atoms in total. The molecule has 108 valence electrons. The molecule has 0 aliphatic carbocycles. The summed E-state index contributed by atoms with van der Waals surface area (Å²) in [6, 6.07) is 2.96. The van der Waals surface area contributed by atoms with Gasteiger partial charge >= 0.3 is 0 Å². The molecule has 0 radical (unpaired) electrons. The summed E-state index contributed by atoms with van der Waals surface area (Å²) in [5.41, 5.74) is 1.59. The van der Waals surface area contributed by atoms with Gasteiger partial charge in [0.15, 0.2) is 0 Å². The molecule has 19 heavy (non-hydrogen) atoms. The van der Waals surface area contributed by atoms with Crippen LogP contribution in [-0.2, 0) is 6.42 Å². The minimum Gasteiger partial charge on any atom is -0.317 e. The molecular weight excluding hydrogens is 252 g/mol. The fourth-order valence-corrected chi connectivity index (χ4v) is 3.92. The molecule has 2 rings (SSSR count). The zero-order chi connectivity index (χ0) is 13.5. The monoisotopic (exact) mass is 280 g/mol. The second kappa shape index (κ2) is 8.03. The van der Waals surface area contributed by atoms with Crippen LogP contribution < -0.4 is 5.32 Å². The maximum Gasteiger partial charge on any atom is 0.0331 e. The topological polar surface area (TPSA) is 15.3 Å². The first-order valence-electron chi connectivity index (χ1n) is 7.84. The first kappa shape index (κ1) is 15.0. The number of nitrogens with one attached hydrogen (secondary N) is 1. The van der Waals surface area contributed by atoms with Crippen LogP contribution in [-0.4, -0.2) is 31.1 Å². The summed E-state index contributed by atoms with van der Waals surface area (Å²) in [5, 5.41) is 5.65. The van der Waals surface area contributed by atoms with Gasteiger partial charge in [-0.25, -0.2) is 0 Å². The lowest BCUT2D eigenvalue weighted by Gasteiger charge is -2.33. The van der Waals surface area contributed by atoms with Crippen molar-refractivity contribution in [2.24, 2.45) is 0 Å². The van der Waals surface area contributed by atoms with E-state index in [0.717, 1.165) is 6.54 Å². The Morgan fingerprint density at radius 3 is 3.00 bits per heavy atom. The van der Waals surface area contributed by atoms with Crippen LogP contribution in [0.15, 0.2) is 11.4 Å². The van der Waals surface area contributed by atoms with Crippen molar-refractivity contribution in [3.05, 3.63) is 21.9 Å². The van der Waals surface area contributed by atoms with Crippen molar-refractivity contribution in [1.82, 2.24) is 10.2 Å². The summed E-state index contributed by atoms with van der Waals surface area (Å²) in [6.07, 6.45) is 6.70. The number of nitrogens with zero attached hydrogens (tertiary/aromatic N) is 1. The van der Waals surface area contributed by atoms with Gasteiger partial charge in [-0.2, -0.15) is 0 Å². The quantitative estimate of drug-likeness (QED) is 0.728. The largest absolute Gasteiger partial charge is 0.317 e. The molecule has 0 aromatic carbocycles. The van der Waals surface area contributed by atoms with E-state index in [4.69, 9.17) is 0 Å². The van der Waals surface area contributed by atoms with Crippen molar-refractivity contribution in [1.29, 1.82) is 0 Å². The van der Waals surface area contributed by atoms with E-state index in [-0.39, 0.29) is 0 Å². The molecule has 1 N–H and O–H groups in total. The Morgan fingerprint density at radius 1 is 1.32 bits per heavy atom. The number of hydrogen-bond donors (Lipinski definition) is 1. The number of unbranched alkanes of at least 4 members (excludes halogenated alkanes) is 3. The third-order valence-electron chi connectivity index (χ3n) is 4.20. The fourth-order valence-electron chi connectivity index (χ4n) is 2.96. The van der Waals surface area contributed by atoms with E-state index in [9.17, 15) is 0 Å². The summed E-state index contributed by atoms with van der Waals surface area (Å²) in [6.45, 7) is 9.37. The minimum absolute atomic E-state index is 0.636. The predicted molar refractivity (Wildman–Crippen MR) is 85.0 cm³/mol. The second-order valence-electron chi connectivity index (χ2n) is 5.53. The van der Waals surface area contributed by atoms with Crippen LogP contribution >= 0.6 is 11.3 Å². The van der Waals surface area contributed by atoms with Crippen LogP contribution in [0, 0.1) is 0 Å². The summed E-state index contributed by atoms with van der Waals surface area (Å²) in [4.78, 5) is 4.29. The third-order valence-corrected chi connectivity index (χ3v) is 5.20. The summed E-state index contributed by atoms with van der Waals surface area (Å²) in [7, 11) is 0. The molecule has 1 aromatic heterocycles. The molecule has 0 amide bonds. The molecule has 0 spiro atoms. The number of rotatable bonds is 8. The molecule has 0 saturated heterocycles. The highest BCUT2D eigenvalue weighted by Gasteiger charge is 2.23. The molecule has 2 heterocycles. The Labute approximate surface area is 122 Å². The van der Waals surface area contributed by atoms with Gasteiger partial charge in [-0.05, 0) is 62.8 Å². The van der Waals surface area contributed by atoms with Crippen molar-refractivity contribution in [3.63, 3.8) is 0 Å². The summed E-state index contributed by atoms with van der Waals surface area (Å²) in [5.74, 6) is 0. The lowest BCUT2D eigenvalue weighted by molar-refractivity contribution is 0.196. The van der Waals surface area contributed by atoms with Crippen molar-refractivity contribution < 1.29 is 0 Å². The molecule has 1 unspecified atom stereocenters. The van der Waals surface area contributed by atoms with Gasteiger partial charge < -0.3 is 5.32 Å². The van der Waals surface area contributed by atoms with E-state index >= 15 is 0 Å². The number of hydrogen-bond acceptors (Lipinski definition) is 3. The van der Waals surface area contributed by atoms with Gasteiger partial charge in [0.25, 0.3) is 0 Å². The van der Waals surface area contributed by atoms with E-state index in [0.29, 0.717) is 6.04 Å². The van der Waals surface area contributed by atoms with Gasteiger partial charge in [0.2, 0.25) is 0 Å². The zero-order valence-corrected chi connectivity index (χ0v) is 13.3. The Balaban J connectivity index is 1.62. The van der Waals surface area contributed by atoms with Crippen molar-refractivity contribution in [3.8, 4) is 0 Å². The molecule has 0 bridgehead atoms. The van der Waals surface area contributed by atoms with Gasteiger partial charge in [-0.1, -0.05) is 19.8 Å². The molecule has 0 fully saturated rings. The van der Waals surface area contributed by atoms with Crippen LogP contribution in [0.4, 0.5) is 0 Å². The highest BCUT2D eigenvalue weighted by molar-refractivity contribution is 7.10. The van der Waals surface area contributed by atoms with Crippen molar-refractivity contribution >= 4 is 11.3 Å². The second-order valence-corrected chi connectivity index (χ2v) is 6.53. The lowest BCUT2D eigenvalue weighted by atomic mass is 10.0. The van der Waals surface area contributed by atoms with Crippen LogP contribution in [0.25, 0.3) is 0 Å². The maximum atomic E-state index is 3.39. The van der Waals surface area contributed by atoms with Crippen LogP contribution in [0.3, 0.4) is 0 Å². The Kier molecular flexibility index (Phi) is 6.35. The molecule has 1 aromatic rings. The van der Waals surface area contributed by atoms with Crippen molar-refractivity contribution in [2.75, 3.05) is 26.2 Å². The van der Waals surface area contributed by atoms with Gasteiger partial charge in [-0.15, -0.1) is 11.3 Å². The lowest BCUT2D eigenvalue weighted by Crippen LogP contribution is -2.33.